The van der Waals surface area contributed by atoms with Gasteiger partial charge in [-0.25, -0.2) is 0 Å². The first kappa shape index (κ1) is 21.5. The summed E-state index contributed by atoms with van der Waals surface area (Å²) < 4.78 is 10.6. The van der Waals surface area contributed by atoms with Crippen molar-refractivity contribution in [3.8, 4) is 5.75 Å². The molecule has 1 aromatic rings. The third-order valence-electron chi connectivity index (χ3n) is 4.80. The topological polar surface area (TPSA) is 78.4 Å². The average Bonchev–Trinajstić information content (AvgIpc) is 2.70. The molecule has 1 unspecified atom stereocenters. The molecule has 0 spiro atoms. The van der Waals surface area contributed by atoms with E-state index in [0.29, 0.717) is 19.0 Å². The lowest BCUT2D eigenvalue weighted by atomic mass is 10.0. The summed E-state index contributed by atoms with van der Waals surface area (Å²) in [6, 6.07) is 7.44. The van der Waals surface area contributed by atoms with Crippen molar-refractivity contribution in [3.63, 3.8) is 0 Å². The molecule has 1 atom stereocenters. The molecule has 1 fully saturated rings. The van der Waals surface area contributed by atoms with E-state index in [1.807, 2.05) is 31.2 Å². The number of aliphatic imine (C=N–C) groups is 1. The molecule has 0 amide bonds. The average molecular weight is 379 g/mol. The summed E-state index contributed by atoms with van der Waals surface area (Å²) in [7, 11) is 1.63. The molecule has 3 N–H and O–H groups in total. The monoisotopic (exact) mass is 378 g/mol. The van der Waals surface area contributed by atoms with Gasteiger partial charge in [-0.3, -0.25) is 9.89 Å². The Kier molecular flexibility index (Phi) is 8.34. The molecule has 0 bridgehead atoms. The highest BCUT2D eigenvalue weighted by molar-refractivity contribution is 5.79. The van der Waals surface area contributed by atoms with Gasteiger partial charge in [0.15, 0.2) is 5.96 Å². The van der Waals surface area contributed by atoms with Crippen LogP contribution in [0.15, 0.2) is 29.3 Å². The molecule has 0 saturated carbocycles. The zero-order valence-corrected chi connectivity index (χ0v) is 17.0. The van der Waals surface area contributed by atoms with Crippen molar-refractivity contribution in [1.29, 1.82) is 0 Å². The highest BCUT2D eigenvalue weighted by Crippen LogP contribution is 2.18. The SMILES string of the molecule is CCNC(=NCC(C)(C)N1CCOCC1)NCC(O)c1ccc(OC)cc1. The van der Waals surface area contributed by atoms with E-state index in [1.54, 1.807) is 7.11 Å². The first-order valence-electron chi connectivity index (χ1n) is 9.63. The van der Waals surface area contributed by atoms with E-state index in [0.717, 1.165) is 44.2 Å². The van der Waals surface area contributed by atoms with Crippen molar-refractivity contribution in [3.05, 3.63) is 29.8 Å². The lowest BCUT2D eigenvalue weighted by Crippen LogP contribution is -2.52. The lowest BCUT2D eigenvalue weighted by Gasteiger charge is -2.39. The molecule has 152 valence electrons. The number of morpholine rings is 1. The van der Waals surface area contributed by atoms with Crippen molar-refractivity contribution in [2.45, 2.75) is 32.4 Å². The van der Waals surface area contributed by atoms with Crippen LogP contribution in [0.2, 0.25) is 0 Å². The van der Waals surface area contributed by atoms with Crippen LogP contribution in [-0.4, -0.2) is 74.6 Å². The van der Waals surface area contributed by atoms with E-state index < -0.39 is 6.10 Å². The number of rotatable bonds is 8. The minimum atomic E-state index is -0.619. The van der Waals surface area contributed by atoms with Gasteiger partial charge in [-0.05, 0) is 38.5 Å². The zero-order chi connectivity index (χ0) is 19.7. The normalized spacial score (nSPS) is 17.4. The van der Waals surface area contributed by atoms with Gasteiger partial charge in [0.05, 0.1) is 33.0 Å². The number of methoxy groups -OCH3 is 1. The third kappa shape index (κ3) is 6.68. The second-order valence-corrected chi connectivity index (χ2v) is 7.28. The van der Waals surface area contributed by atoms with Gasteiger partial charge in [-0.15, -0.1) is 0 Å². The molecule has 1 aliphatic heterocycles. The molecule has 7 nitrogen and oxygen atoms in total. The first-order valence-corrected chi connectivity index (χ1v) is 9.63. The van der Waals surface area contributed by atoms with Crippen LogP contribution in [0, 0.1) is 0 Å². The number of nitrogens with one attached hydrogen (secondary N) is 2. The second kappa shape index (κ2) is 10.5. The Morgan fingerprint density at radius 2 is 1.93 bits per heavy atom. The molecule has 1 aliphatic rings. The van der Waals surface area contributed by atoms with Crippen LogP contribution >= 0.6 is 0 Å². The zero-order valence-electron chi connectivity index (χ0n) is 17.0. The maximum Gasteiger partial charge on any atom is 0.191 e. The van der Waals surface area contributed by atoms with Crippen LogP contribution in [0.5, 0.6) is 5.75 Å². The number of benzene rings is 1. The lowest BCUT2D eigenvalue weighted by molar-refractivity contribution is -0.00684. The fraction of sp³-hybridized carbons (Fsp3) is 0.650. The summed E-state index contributed by atoms with van der Waals surface area (Å²) in [5.41, 5.74) is 0.800. The van der Waals surface area contributed by atoms with E-state index in [1.165, 1.54) is 0 Å². The van der Waals surface area contributed by atoms with Crippen LogP contribution in [-0.2, 0) is 4.74 Å². The molecule has 2 rings (SSSR count). The summed E-state index contributed by atoms with van der Waals surface area (Å²) >= 11 is 0. The Bertz CT molecular complexity index is 583. The van der Waals surface area contributed by atoms with Crippen molar-refractivity contribution in [2.24, 2.45) is 4.99 Å². The Morgan fingerprint density at radius 1 is 1.26 bits per heavy atom. The van der Waals surface area contributed by atoms with Crippen LogP contribution in [0.4, 0.5) is 0 Å². The first-order chi connectivity index (χ1) is 13.0. The Hall–Kier alpha value is -1.83. The summed E-state index contributed by atoms with van der Waals surface area (Å²) in [5, 5.41) is 16.9. The molecular formula is C20H34N4O3. The molecule has 1 aromatic carbocycles. The van der Waals surface area contributed by atoms with Crippen molar-refractivity contribution in [2.75, 3.05) is 53.0 Å². The number of guanidine groups is 1. The predicted octanol–water partition coefficient (Wildman–Crippen LogP) is 1.39. The number of aliphatic hydroxyl groups is 1. The number of hydrogen-bond acceptors (Lipinski definition) is 5. The van der Waals surface area contributed by atoms with Gasteiger partial charge in [0.2, 0.25) is 0 Å². The maximum atomic E-state index is 10.4. The van der Waals surface area contributed by atoms with Gasteiger partial charge in [0, 0.05) is 31.7 Å². The Labute approximate surface area is 162 Å². The Balaban J connectivity index is 1.91. The molecule has 1 saturated heterocycles. The fourth-order valence-electron chi connectivity index (χ4n) is 3.02. The molecular weight excluding hydrogens is 344 g/mol. The number of hydrogen-bond donors (Lipinski definition) is 3. The van der Waals surface area contributed by atoms with E-state index in [9.17, 15) is 5.11 Å². The van der Waals surface area contributed by atoms with Crippen LogP contribution in [0.3, 0.4) is 0 Å². The van der Waals surface area contributed by atoms with E-state index >= 15 is 0 Å². The Morgan fingerprint density at radius 3 is 2.52 bits per heavy atom. The summed E-state index contributed by atoms with van der Waals surface area (Å²) in [6.07, 6.45) is -0.619. The summed E-state index contributed by atoms with van der Waals surface area (Å²) in [4.78, 5) is 7.15. The van der Waals surface area contributed by atoms with Crippen molar-refractivity contribution in [1.82, 2.24) is 15.5 Å². The van der Waals surface area contributed by atoms with Crippen LogP contribution in [0.1, 0.15) is 32.4 Å². The molecule has 7 heteroatoms. The molecule has 0 radical (unpaired) electrons. The molecule has 1 heterocycles. The van der Waals surface area contributed by atoms with Crippen LogP contribution < -0.4 is 15.4 Å². The van der Waals surface area contributed by atoms with Crippen molar-refractivity contribution >= 4 is 5.96 Å². The predicted molar refractivity (Wildman–Crippen MR) is 108 cm³/mol. The van der Waals surface area contributed by atoms with Gasteiger partial charge in [0.1, 0.15) is 5.75 Å². The van der Waals surface area contributed by atoms with Gasteiger partial charge in [-0.1, -0.05) is 12.1 Å². The number of ether oxygens (including phenoxy) is 2. The maximum absolute atomic E-state index is 10.4. The summed E-state index contributed by atoms with van der Waals surface area (Å²) in [6.45, 7) is 11.7. The minimum absolute atomic E-state index is 0.0409. The van der Waals surface area contributed by atoms with Gasteiger partial charge >= 0.3 is 0 Å². The third-order valence-corrected chi connectivity index (χ3v) is 4.80. The smallest absolute Gasteiger partial charge is 0.191 e. The molecule has 0 aliphatic carbocycles. The highest BCUT2D eigenvalue weighted by Gasteiger charge is 2.28. The summed E-state index contributed by atoms with van der Waals surface area (Å²) in [5.74, 6) is 1.49. The van der Waals surface area contributed by atoms with Gasteiger partial charge < -0.3 is 25.2 Å². The highest BCUT2D eigenvalue weighted by atomic mass is 16.5. The minimum Gasteiger partial charge on any atom is -0.497 e. The van der Waals surface area contributed by atoms with Gasteiger partial charge in [-0.2, -0.15) is 0 Å². The van der Waals surface area contributed by atoms with E-state index in [2.05, 4.69) is 29.4 Å². The largest absolute Gasteiger partial charge is 0.497 e. The standard InChI is InChI=1S/C20H34N4O3/c1-5-21-19(23-15-20(2,3)24-10-12-27-13-11-24)22-14-18(25)16-6-8-17(26-4)9-7-16/h6-9,18,25H,5,10-15H2,1-4H3,(H2,21,22,23). The number of aliphatic hydroxyl groups excluding tert-OH is 1. The second-order valence-electron chi connectivity index (χ2n) is 7.28. The molecule has 0 aromatic heterocycles. The van der Waals surface area contributed by atoms with Gasteiger partial charge in [0.25, 0.3) is 0 Å². The van der Waals surface area contributed by atoms with E-state index in [-0.39, 0.29) is 5.54 Å². The van der Waals surface area contributed by atoms with Crippen LogP contribution in [0.25, 0.3) is 0 Å². The fourth-order valence-corrected chi connectivity index (χ4v) is 3.02. The molecule has 27 heavy (non-hydrogen) atoms. The van der Waals surface area contributed by atoms with Crippen molar-refractivity contribution < 1.29 is 14.6 Å². The number of nitrogens with zero attached hydrogens (tertiary/aromatic N) is 2. The van der Waals surface area contributed by atoms with E-state index in [4.69, 9.17) is 14.5 Å². The quantitative estimate of drug-likeness (QED) is 0.469.